The van der Waals surface area contributed by atoms with Crippen LogP contribution in [0.4, 0.5) is 20.3 Å². The van der Waals surface area contributed by atoms with Crippen LogP contribution in [0.1, 0.15) is 12.5 Å². The van der Waals surface area contributed by atoms with Gasteiger partial charge >= 0.3 is 6.01 Å². The van der Waals surface area contributed by atoms with Gasteiger partial charge in [-0.3, -0.25) is 9.97 Å². The Morgan fingerprint density at radius 2 is 1.92 bits per heavy atom. The summed E-state index contributed by atoms with van der Waals surface area (Å²) in [6, 6.07) is 9.10. The van der Waals surface area contributed by atoms with Gasteiger partial charge in [-0.2, -0.15) is 9.97 Å². The van der Waals surface area contributed by atoms with Gasteiger partial charge in [0.05, 0.1) is 18.2 Å². The van der Waals surface area contributed by atoms with Gasteiger partial charge in [-0.15, -0.1) is 0 Å². The van der Waals surface area contributed by atoms with Crippen LogP contribution in [0, 0.1) is 17.0 Å². The molecule has 0 aliphatic heterocycles. The Morgan fingerprint density at radius 3 is 2.64 bits per heavy atom. The molecule has 0 amide bonds. The topological polar surface area (TPSA) is 129 Å². The molecular formula is C28H23F2N7O2. The molecule has 4 N–H and O–H groups in total. The zero-order valence-electron chi connectivity index (χ0n) is 21.0. The van der Waals surface area contributed by atoms with E-state index in [1.807, 2.05) is 0 Å². The molecule has 0 bridgehead atoms. The molecular weight excluding hydrogens is 504 g/mol. The highest BCUT2D eigenvalue weighted by molar-refractivity contribution is 6.02. The minimum atomic E-state index is -0.801. The number of fused-ring (bicyclic) bond motifs is 2. The summed E-state index contributed by atoms with van der Waals surface area (Å²) >= 11 is 0. The number of hydrogen-bond donors (Lipinski definition) is 4. The lowest BCUT2D eigenvalue weighted by Gasteiger charge is -2.15. The highest BCUT2D eigenvalue weighted by Crippen LogP contribution is 2.38. The first-order valence-electron chi connectivity index (χ1n) is 11.9. The van der Waals surface area contributed by atoms with Crippen molar-refractivity contribution in [1.29, 1.82) is 5.41 Å². The van der Waals surface area contributed by atoms with Crippen molar-refractivity contribution in [3.05, 3.63) is 84.1 Å². The number of aromatic nitrogens is 4. The predicted octanol–water partition coefficient (Wildman–Crippen LogP) is 5.81. The Hall–Kier alpha value is -5.19. The number of allylic oxidation sites excluding steroid dienone is 1. The van der Waals surface area contributed by atoms with Gasteiger partial charge in [-0.1, -0.05) is 13.0 Å². The van der Waals surface area contributed by atoms with Crippen molar-refractivity contribution in [2.75, 3.05) is 17.7 Å². The molecule has 3 heterocycles. The summed E-state index contributed by atoms with van der Waals surface area (Å²) in [6.45, 7) is 1.80. The maximum absolute atomic E-state index is 16.1. The molecule has 9 nitrogen and oxygen atoms in total. The minimum Gasteiger partial charge on any atom is -0.508 e. The molecule has 5 rings (SSSR count). The van der Waals surface area contributed by atoms with Crippen molar-refractivity contribution in [2.24, 2.45) is 0 Å². The number of hydrogen-bond acceptors (Lipinski definition) is 9. The number of pyridine rings is 2. The first kappa shape index (κ1) is 25.5. The molecule has 0 fully saturated rings. The van der Waals surface area contributed by atoms with Crippen LogP contribution in [0.25, 0.3) is 32.9 Å². The number of ether oxygens (including phenoxy) is 1. The Balaban J connectivity index is 1.66. The van der Waals surface area contributed by atoms with E-state index in [0.29, 0.717) is 28.5 Å². The summed E-state index contributed by atoms with van der Waals surface area (Å²) in [6.07, 6.45) is 7.58. The number of rotatable bonds is 8. The Morgan fingerprint density at radius 1 is 1.13 bits per heavy atom. The fourth-order valence-electron chi connectivity index (χ4n) is 4.30. The summed E-state index contributed by atoms with van der Waals surface area (Å²) in [7, 11) is 1.35. The number of benzene rings is 2. The van der Waals surface area contributed by atoms with E-state index in [2.05, 4.69) is 30.6 Å². The van der Waals surface area contributed by atoms with Crippen molar-refractivity contribution in [2.45, 2.75) is 13.3 Å². The molecule has 0 aliphatic carbocycles. The van der Waals surface area contributed by atoms with Gasteiger partial charge in [0.25, 0.3) is 0 Å². The molecule has 39 heavy (non-hydrogen) atoms. The molecule has 0 saturated carbocycles. The van der Waals surface area contributed by atoms with E-state index < -0.39 is 11.6 Å². The molecule has 0 aliphatic rings. The fourth-order valence-corrected chi connectivity index (χ4v) is 4.30. The van der Waals surface area contributed by atoms with Gasteiger partial charge in [0.2, 0.25) is 0 Å². The number of halogens is 2. The molecule has 2 aromatic carbocycles. The zero-order chi connectivity index (χ0) is 27.5. The van der Waals surface area contributed by atoms with Crippen LogP contribution >= 0.6 is 0 Å². The number of nitrogens with zero attached hydrogens (tertiary/aromatic N) is 4. The summed E-state index contributed by atoms with van der Waals surface area (Å²) in [5.41, 5.74) is 1.45. The first-order valence-corrected chi connectivity index (χ1v) is 11.9. The maximum atomic E-state index is 16.1. The zero-order valence-corrected chi connectivity index (χ0v) is 21.0. The van der Waals surface area contributed by atoms with E-state index in [1.54, 1.807) is 37.7 Å². The van der Waals surface area contributed by atoms with E-state index in [0.717, 1.165) is 11.9 Å². The average molecular weight is 528 g/mol. The lowest BCUT2D eigenvalue weighted by Crippen LogP contribution is -2.08. The van der Waals surface area contributed by atoms with Gasteiger partial charge in [-0.05, 0) is 53.1 Å². The van der Waals surface area contributed by atoms with Crippen LogP contribution in [0.2, 0.25) is 0 Å². The average Bonchev–Trinajstić information content (AvgIpc) is 2.95. The van der Waals surface area contributed by atoms with Crippen molar-refractivity contribution in [1.82, 2.24) is 19.9 Å². The standard InChI is InChI=1S/C28H23F2N7O2/c1-3-19-22(29)5-4-15-10-18(38)11-20(23(15)19)25-24(30)26-21(14-34-25)27(37-28(36-26)39-2)35-17(12-31)13-33-16-6-8-32-9-7-16/h4-14,31,38H,3H2,1-2H3,(H,32,33)(H,35,36,37)/b17-13+,31-12?. The number of phenols is 1. The van der Waals surface area contributed by atoms with Crippen molar-refractivity contribution < 1.29 is 18.6 Å². The smallest absolute Gasteiger partial charge is 0.318 e. The highest BCUT2D eigenvalue weighted by atomic mass is 19.1. The second kappa shape index (κ2) is 10.7. The van der Waals surface area contributed by atoms with E-state index in [9.17, 15) is 9.50 Å². The molecule has 0 spiro atoms. The van der Waals surface area contributed by atoms with Gasteiger partial charge in [0.1, 0.15) is 28.6 Å². The molecule has 11 heteroatoms. The summed E-state index contributed by atoms with van der Waals surface area (Å²) < 4.78 is 36.1. The number of anilines is 2. The fraction of sp³-hybridized carbons (Fsp3) is 0.107. The Bertz CT molecular complexity index is 1740. The van der Waals surface area contributed by atoms with Crippen molar-refractivity contribution in [3.8, 4) is 23.0 Å². The van der Waals surface area contributed by atoms with Crippen LogP contribution in [0.5, 0.6) is 11.8 Å². The third-order valence-electron chi connectivity index (χ3n) is 6.10. The molecule has 196 valence electrons. The Labute approximate surface area is 221 Å². The molecule has 3 aromatic heterocycles. The lowest BCUT2D eigenvalue weighted by molar-refractivity contribution is 0.382. The second-order valence-electron chi connectivity index (χ2n) is 8.46. The number of aromatic hydroxyl groups is 1. The molecule has 0 unspecified atom stereocenters. The largest absolute Gasteiger partial charge is 0.508 e. The predicted molar refractivity (Wildman–Crippen MR) is 146 cm³/mol. The third kappa shape index (κ3) is 4.89. The second-order valence-corrected chi connectivity index (χ2v) is 8.46. The first-order chi connectivity index (χ1) is 18.9. The van der Waals surface area contributed by atoms with E-state index >= 15 is 4.39 Å². The molecule has 0 atom stereocenters. The Kier molecular flexibility index (Phi) is 6.96. The highest BCUT2D eigenvalue weighted by Gasteiger charge is 2.21. The van der Waals surface area contributed by atoms with Crippen molar-refractivity contribution in [3.63, 3.8) is 0 Å². The van der Waals surface area contributed by atoms with Crippen LogP contribution in [0.3, 0.4) is 0 Å². The van der Waals surface area contributed by atoms with E-state index in [4.69, 9.17) is 10.1 Å². The van der Waals surface area contributed by atoms with Crippen LogP contribution in [-0.4, -0.2) is 38.4 Å². The van der Waals surface area contributed by atoms with Gasteiger partial charge in [0, 0.05) is 42.3 Å². The quantitative estimate of drug-likeness (QED) is 0.186. The molecule has 0 radical (unpaired) electrons. The van der Waals surface area contributed by atoms with E-state index in [1.165, 1.54) is 37.6 Å². The normalized spacial score (nSPS) is 11.5. The SMILES string of the molecule is CCc1c(F)ccc2cc(O)cc(-c3ncc4c(N/C(C=N)=C/Nc5ccncc5)nc(OC)nc4c3F)c12. The van der Waals surface area contributed by atoms with E-state index in [-0.39, 0.29) is 39.7 Å². The lowest BCUT2D eigenvalue weighted by atomic mass is 9.94. The van der Waals surface area contributed by atoms with Gasteiger partial charge in [-0.25, -0.2) is 8.78 Å². The number of nitrogens with one attached hydrogen (secondary N) is 3. The summed E-state index contributed by atoms with van der Waals surface area (Å²) in [5, 5.41) is 25.4. The number of phenolic OH excluding ortho intramolecular Hbond substituents is 1. The maximum Gasteiger partial charge on any atom is 0.318 e. The van der Waals surface area contributed by atoms with Crippen LogP contribution in [0.15, 0.2) is 66.9 Å². The third-order valence-corrected chi connectivity index (χ3v) is 6.10. The summed E-state index contributed by atoms with van der Waals surface area (Å²) in [5.74, 6) is -1.19. The van der Waals surface area contributed by atoms with Gasteiger partial charge < -0.3 is 25.9 Å². The number of aryl methyl sites for hydroxylation is 1. The van der Waals surface area contributed by atoms with Gasteiger partial charge in [0.15, 0.2) is 5.82 Å². The summed E-state index contributed by atoms with van der Waals surface area (Å²) in [4.78, 5) is 16.8. The van der Waals surface area contributed by atoms with Crippen molar-refractivity contribution >= 4 is 39.4 Å². The van der Waals surface area contributed by atoms with Crippen LogP contribution < -0.4 is 15.4 Å². The molecule has 5 aromatic rings. The number of methoxy groups -OCH3 is 1. The molecule has 0 saturated heterocycles. The monoisotopic (exact) mass is 527 g/mol. The minimum absolute atomic E-state index is 0.105. The van der Waals surface area contributed by atoms with Crippen LogP contribution in [-0.2, 0) is 6.42 Å².